The highest BCUT2D eigenvalue weighted by atomic mass is 16.5. The average molecular weight is 484 g/mol. The van der Waals surface area contributed by atoms with Crippen molar-refractivity contribution in [3.8, 4) is 0 Å². The molecular weight excluding hydrogens is 432 g/mol. The Kier molecular flexibility index (Phi) is 11.5. The minimum absolute atomic E-state index is 0.0598. The topological polar surface area (TPSA) is 49.4 Å². The highest BCUT2D eigenvalue weighted by molar-refractivity contribution is 5.66. The van der Waals surface area contributed by atoms with Crippen LogP contribution in [0.4, 0.5) is 0 Å². The van der Waals surface area contributed by atoms with Crippen LogP contribution in [0.15, 0.2) is 46.6 Å². The lowest BCUT2D eigenvalue weighted by molar-refractivity contribution is -0.311. The van der Waals surface area contributed by atoms with Crippen LogP contribution in [-0.2, 0) is 9.53 Å². The molecule has 0 aromatic rings. The number of unbranched alkanes of at least 4 members (excludes halogenated alkanes) is 1. The first-order valence-electron chi connectivity index (χ1n) is 14.1. The average Bonchev–Trinajstić information content (AvgIpc) is 2.80. The molecule has 0 aromatic carbocycles. The molecule has 2 rings (SSSR count). The molecule has 0 amide bonds. The molecule has 4 unspecified atom stereocenters. The predicted molar refractivity (Wildman–Crippen MR) is 146 cm³/mol. The van der Waals surface area contributed by atoms with Crippen LogP contribution in [0.1, 0.15) is 126 Å². The number of hydrogen-bond donors (Lipinski definition) is 0. The number of aliphatic carboxylic acids is 1. The van der Waals surface area contributed by atoms with Crippen molar-refractivity contribution in [1.82, 2.24) is 0 Å². The van der Waals surface area contributed by atoms with Crippen molar-refractivity contribution < 1.29 is 14.6 Å². The number of hydrogen-bond acceptors (Lipinski definition) is 3. The Morgan fingerprint density at radius 1 is 1.14 bits per heavy atom. The first kappa shape index (κ1) is 29.6. The van der Waals surface area contributed by atoms with Crippen LogP contribution in [0, 0.1) is 11.8 Å². The number of carboxylic acid groups (broad SMARTS) is 1. The molecule has 0 N–H and O–H groups in total. The van der Waals surface area contributed by atoms with E-state index >= 15 is 0 Å². The third-order valence-electron chi connectivity index (χ3n) is 8.53. The zero-order valence-electron chi connectivity index (χ0n) is 23.7. The van der Waals surface area contributed by atoms with Gasteiger partial charge >= 0.3 is 0 Å². The van der Waals surface area contributed by atoms with Crippen LogP contribution >= 0.6 is 0 Å². The van der Waals surface area contributed by atoms with Gasteiger partial charge in [0.15, 0.2) is 0 Å². The number of ether oxygens (including phenoxy) is 1. The molecule has 3 nitrogen and oxygen atoms in total. The Bertz CT molecular complexity index is 830. The van der Waals surface area contributed by atoms with Gasteiger partial charge in [0.1, 0.15) is 0 Å². The number of rotatable bonds is 14. The Morgan fingerprint density at radius 2 is 1.80 bits per heavy atom. The second-order valence-electron chi connectivity index (χ2n) is 11.7. The fraction of sp³-hybridized carbons (Fsp3) is 0.719. The largest absolute Gasteiger partial charge is 0.550 e. The number of carbonyl (C=O) groups is 1. The molecule has 1 heterocycles. The standard InChI is InChI=1S/C32H52O3/c1-8-9-22-32-28(6)26(4)18-19-29(32)20-23-31(7,35-32)21-12-16-25(3)14-10-13-24(2)15-11-17-27(5)30(33)34/h15-16,18-19,27-28H,8-14,17,20-23H2,1-7H3,(H,33,34)/p-1/b24-15+,25-16+. The normalized spacial score (nSPS) is 28.3. The summed E-state index contributed by atoms with van der Waals surface area (Å²) < 4.78 is 7.13. The summed E-state index contributed by atoms with van der Waals surface area (Å²) in [4.78, 5) is 10.8. The lowest BCUT2D eigenvalue weighted by Crippen LogP contribution is -2.53. The van der Waals surface area contributed by atoms with Gasteiger partial charge in [0.25, 0.3) is 0 Å². The minimum atomic E-state index is -0.947. The van der Waals surface area contributed by atoms with Gasteiger partial charge in [-0.3, -0.25) is 0 Å². The molecule has 1 fully saturated rings. The fourth-order valence-corrected chi connectivity index (χ4v) is 5.72. The summed E-state index contributed by atoms with van der Waals surface area (Å²) in [6.07, 6.45) is 22.1. The molecule has 0 aromatic heterocycles. The summed E-state index contributed by atoms with van der Waals surface area (Å²) in [6.45, 7) is 15.4. The first-order valence-corrected chi connectivity index (χ1v) is 14.1. The summed E-state index contributed by atoms with van der Waals surface area (Å²) in [5.41, 5.74) is 5.62. The van der Waals surface area contributed by atoms with Gasteiger partial charge in [-0.05, 0) is 103 Å². The third-order valence-corrected chi connectivity index (χ3v) is 8.53. The first-order chi connectivity index (χ1) is 16.5. The predicted octanol–water partition coefficient (Wildman–Crippen LogP) is 8.02. The highest BCUT2D eigenvalue weighted by Gasteiger charge is 2.49. The molecule has 0 radical (unpaired) electrons. The van der Waals surface area contributed by atoms with Crippen LogP contribution in [0.5, 0.6) is 0 Å². The highest BCUT2D eigenvalue weighted by Crippen LogP contribution is 2.51. The van der Waals surface area contributed by atoms with Gasteiger partial charge < -0.3 is 14.6 Å². The van der Waals surface area contributed by atoms with E-state index in [4.69, 9.17) is 4.74 Å². The van der Waals surface area contributed by atoms with Gasteiger partial charge in [0.2, 0.25) is 0 Å². The van der Waals surface area contributed by atoms with Crippen LogP contribution in [0.2, 0.25) is 0 Å². The second kappa shape index (κ2) is 13.6. The third kappa shape index (κ3) is 8.48. The van der Waals surface area contributed by atoms with E-state index in [2.05, 4.69) is 65.8 Å². The maximum Gasteiger partial charge on any atom is 0.0964 e. The minimum Gasteiger partial charge on any atom is -0.550 e. The lowest BCUT2D eigenvalue weighted by Gasteiger charge is -2.53. The molecule has 2 aliphatic rings. The lowest BCUT2D eigenvalue weighted by atomic mass is 9.67. The molecule has 0 spiro atoms. The quantitative estimate of drug-likeness (QED) is 0.235. The number of carboxylic acids is 1. The summed E-state index contributed by atoms with van der Waals surface area (Å²) in [7, 11) is 0. The summed E-state index contributed by atoms with van der Waals surface area (Å²) in [5.74, 6) is -0.867. The fourth-order valence-electron chi connectivity index (χ4n) is 5.72. The summed E-state index contributed by atoms with van der Waals surface area (Å²) in [6, 6.07) is 0. The zero-order chi connectivity index (χ0) is 26.1. The SMILES string of the molecule is CCCCC12OC(C)(CC/C=C(\C)CCC/C(C)=C/CCC(C)C(=O)[O-])CCC1=CC=C(C)C2C. The molecule has 0 bridgehead atoms. The van der Waals surface area contributed by atoms with E-state index in [1.54, 1.807) is 6.92 Å². The smallest absolute Gasteiger partial charge is 0.0964 e. The van der Waals surface area contributed by atoms with Gasteiger partial charge in [-0.2, -0.15) is 0 Å². The molecular formula is C32H51O3-. The number of fused-ring (bicyclic) bond motifs is 1. The van der Waals surface area contributed by atoms with E-state index in [1.807, 2.05) is 0 Å². The Hall–Kier alpha value is -1.61. The molecule has 3 heteroatoms. The molecule has 1 saturated heterocycles. The van der Waals surface area contributed by atoms with Crippen molar-refractivity contribution in [2.75, 3.05) is 0 Å². The van der Waals surface area contributed by atoms with Crippen molar-refractivity contribution in [3.63, 3.8) is 0 Å². The van der Waals surface area contributed by atoms with Crippen LogP contribution in [0.3, 0.4) is 0 Å². The van der Waals surface area contributed by atoms with Crippen molar-refractivity contribution in [1.29, 1.82) is 0 Å². The summed E-state index contributed by atoms with van der Waals surface area (Å²) >= 11 is 0. The van der Waals surface area contributed by atoms with E-state index in [-0.39, 0.29) is 17.1 Å². The monoisotopic (exact) mass is 483 g/mol. The molecule has 1 aliphatic carbocycles. The summed E-state index contributed by atoms with van der Waals surface area (Å²) in [5, 5.41) is 10.8. The zero-order valence-corrected chi connectivity index (χ0v) is 23.7. The Morgan fingerprint density at radius 3 is 2.43 bits per heavy atom. The van der Waals surface area contributed by atoms with Crippen molar-refractivity contribution in [2.24, 2.45) is 11.8 Å². The van der Waals surface area contributed by atoms with E-state index in [1.165, 1.54) is 35.1 Å². The maximum absolute atomic E-state index is 10.8. The van der Waals surface area contributed by atoms with E-state index in [9.17, 15) is 9.90 Å². The molecule has 1 aliphatic heterocycles. The number of carbonyl (C=O) groups excluding carboxylic acids is 1. The van der Waals surface area contributed by atoms with E-state index in [0.717, 1.165) is 57.8 Å². The van der Waals surface area contributed by atoms with Gasteiger partial charge in [-0.25, -0.2) is 0 Å². The van der Waals surface area contributed by atoms with E-state index < -0.39 is 5.97 Å². The molecule has 0 saturated carbocycles. The molecule has 198 valence electrons. The van der Waals surface area contributed by atoms with Crippen LogP contribution < -0.4 is 5.11 Å². The molecule has 4 atom stereocenters. The van der Waals surface area contributed by atoms with Crippen molar-refractivity contribution in [2.45, 2.75) is 137 Å². The van der Waals surface area contributed by atoms with Gasteiger partial charge in [-0.15, -0.1) is 0 Å². The van der Waals surface area contributed by atoms with E-state index in [0.29, 0.717) is 12.3 Å². The van der Waals surface area contributed by atoms with Crippen molar-refractivity contribution >= 4 is 5.97 Å². The van der Waals surface area contributed by atoms with Gasteiger partial charge in [-0.1, -0.05) is 74.6 Å². The van der Waals surface area contributed by atoms with Crippen molar-refractivity contribution in [3.05, 3.63) is 46.6 Å². The molecule has 35 heavy (non-hydrogen) atoms. The number of allylic oxidation sites excluding steroid dienone is 6. The van der Waals surface area contributed by atoms with Crippen LogP contribution in [-0.4, -0.2) is 17.2 Å². The van der Waals surface area contributed by atoms with Crippen LogP contribution in [0.25, 0.3) is 0 Å². The Labute approximate surface area is 215 Å². The van der Waals surface area contributed by atoms with Gasteiger partial charge in [0, 0.05) is 11.9 Å². The maximum atomic E-state index is 10.8. The Balaban J connectivity index is 1.84. The second-order valence-corrected chi connectivity index (χ2v) is 11.7. The van der Waals surface area contributed by atoms with Gasteiger partial charge in [0.05, 0.1) is 11.2 Å².